The second-order valence-corrected chi connectivity index (χ2v) is 5.84. The average molecular weight is 284 g/mol. The molecule has 0 aromatic carbocycles. The van der Waals surface area contributed by atoms with Crippen LogP contribution in [0.1, 0.15) is 24.2 Å². The maximum atomic E-state index is 5.62. The normalized spacial score (nSPS) is 23.0. The highest BCUT2D eigenvalue weighted by Crippen LogP contribution is 2.25. The average Bonchev–Trinajstić information content (AvgIpc) is 2.99. The summed E-state index contributed by atoms with van der Waals surface area (Å²) in [5, 5.41) is 0. The molecule has 2 aromatic rings. The van der Waals surface area contributed by atoms with Crippen LogP contribution in [0, 0.1) is 0 Å². The third-order valence-corrected chi connectivity index (χ3v) is 4.45. The van der Waals surface area contributed by atoms with Crippen LogP contribution in [0.25, 0.3) is 11.4 Å². The second-order valence-electron chi connectivity index (χ2n) is 5.84. The number of imidazole rings is 1. The number of hydrogen-bond donors (Lipinski definition) is 1. The van der Waals surface area contributed by atoms with Gasteiger partial charge in [0.05, 0.1) is 18.0 Å². The highest BCUT2D eigenvalue weighted by atomic mass is 16.5. The first kappa shape index (κ1) is 13.0. The fourth-order valence-electron chi connectivity index (χ4n) is 3.28. The molecule has 1 fully saturated rings. The molecule has 0 amide bonds. The van der Waals surface area contributed by atoms with E-state index in [1.54, 1.807) is 6.20 Å². The number of nitrogens with one attached hydrogen (secondary N) is 1. The Labute approximate surface area is 124 Å². The first-order valence-electron chi connectivity index (χ1n) is 7.70. The predicted octanol–water partition coefficient (Wildman–Crippen LogP) is 2.01. The first-order chi connectivity index (χ1) is 10.4. The molecular weight excluding hydrogens is 264 g/mol. The third-order valence-electron chi connectivity index (χ3n) is 4.45. The summed E-state index contributed by atoms with van der Waals surface area (Å²) in [6, 6.07) is 4.56. The van der Waals surface area contributed by atoms with Crippen molar-refractivity contribution >= 4 is 0 Å². The van der Waals surface area contributed by atoms with Crippen LogP contribution in [0.4, 0.5) is 0 Å². The van der Waals surface area contributed by atoms with Crippen molar-refractivity contribution in [2.24, 2.45) is 0 Å². The van der Waals surface area contributed by atoms with E-state index in [2.05, 4.69) is 14.9 Å². The molecule has 110 valence electrons. The van der Waals surface area contributed by atoms with Crippen molar-refractivity contribution in [3.8, 4) is 11.4 Å². The van der Waals surface area contributed by atoms with Crippen LogP contribution in [0.15, 0.2) is 24.5 Å². The fourth-order valence-corrected chi connectivity index (χ4v) is 3.28. The zero-order valence-corrected chi connectivity index (χ0v) is 12.1. The van der Waals surface area contributed by atoms with Crippen molar-refractivity contribution in [3.63, 3.8) is 0 Å². The van der Waals surface area contributed by atoms with E-state index in [1.807, 2.05) is 18.3 Å². The molecule has 1 saturated heterocycles. The van der Waals surface area contributed by atoms with Gasteiger partial charge in [0.15, 0.2) is 0 Å². The zero-order chi connectivity index (χ0) is 14.1. The summed E-state index contributed by atoms with van der Waals surface area (Å²) in [7, 11) is 0. The minimum absolute atomic E-state index is 0.567. The van der Waals surface area contributed by atoms with Crippen molar-refractivity contribution in [2.45, 2.75) is 31.8 Å². The molecule has 2 aromatic heterocycles. The van der Waals surface area contributed by atoms with Gasteiger partial charge in [-0.3, -0.25) is 9.88 Å². The Bertz CT molecular complexity index is 604. The Morgan fingerprint density at radius 3 is 3.19 bits per heavy atom. The molecule has 1 atom stereocenters. The summed E-state index contributed by atoms with van der Waals surface area (Å²) in [4.78, 5) is 14.9. The molecule has 2 aliphatic rings. The minimum Gasteiger partial charge on any atom is -0.380 e. The summed E-state index contributed by atoms with van der Waals surface area (Å²) < 4.78 is 5.62. The Morgan fingerprint density at radius 1 is 1.38 bits per heavy atom. The summed E-state index contributed by atoms with van der Waals surface area (Å²) >= 11 is 0. The summed E-state index contributed by atoms with van der Waals surface area (Å²) in [5.41, 5.74) is 3.52. The number of nitrogens with zero attached hydrogens (tertiary/aromatic N) is 3. The standard InChI is InChI=1S/C16H20N4O/c1-3-12(9-17-6-1)16-18-14-5-7-20(10-15(14)19-16)13-4-2-8-21-11-13/h1,3,6,9,13H,2,4-5,7-8,10-11H2,(H,18,19). The molecular formula is C16H20N4O. The monoisotopic (exact) mass is 284 g/mol. The van der Waals surface area contributed by atoms with E-state index in [0.717, 1.165) is 44.1 Å². The van der Waals surface area contributed by atoms with Crippen LogP contribution in [0.5, 0.6) is 0 Å². The molecule has 5 nitrogen and oxygen atoms in total. The first-order valence-corrected chi connectivity index (χ1v) is 7.70. The lowest BCUT2D eigenvalue weighted by Gasteiger charge is -2.35. The Morgan fingerprint density at radius 2 is 2.38 bits per heavy atom. The van der Waals surface area contributed by atoms with Crippen LogP contribution >= 0.6 is 0 Å². The largest absolute Gasteiger partial charge is 0.380 e. The summed E-state index contributed by atoms with van der Waals surface area (Å²) in [6.45, 7) is 3.83. The minimum atomic E-state index is 0.567. The van der Waals surface area contributed by atoms with Crippen molar-refractivity contribution in [2.75, 3.05) is 19.8 Å². The summed E-state index contributed by atoms with van der Waals surface area (Å²) in [5.74, 6) is 0.940. The predicted molar refractivity (Wildman–Crippen MR) is 79.8 cm³/mol. The number of fused-ring (bicyclic) bond motifs is 1. The van der Waals surface area contributed by atoms with Crippen molar-refractivity contribution in [3.05, 3.63) is 35.9 Å². The topological polar surface area (TPSA) is 54.0 Å². The molecule has 1 N–H and O–H groups in total. The van der Waals surface area contributed by atoms with Crippen molar-refractivity contribution in [1.82, 2.24) is 19.9 Å². The van der Waals surface area contributed by atoms with Gasteiger partial charge < -0.3 is 9.72 Å². The molecule has 0 saturated carbocycles. The smallest absolute Gasteiger partial charge is 0.139 e. The van der Waals surface area contributed by atoms with E-state index in [-0.39, 0.29) is 0 Å². The maximum Gasteiger partial charge on any atom is 0.139 e. The van der Waals surface area contributed by atoms with Gasteiger partial charge in [0.2, 0.25) is 0 Å². The van der Waals surface area contributed by atoms with Gasteiger partial charge in [-0.05, 0) is 25.0 Å². The number of aromatic nitrogens is 3. The van der Waals surface area contributed by atoms with E-state index in [0.29, 0.717) is 6.04 Å². The molecule has 5 heteroatoms. The molecule has 0 spiro atoms. The molecule has 0 bridgehead atoms. The van der Waals surface area contributed by atoms with Crippen LogP contribution in [0.3, 0.4) is 0 Å². The van der Waals surface area contributed by atoms with Gasteiger partial charge in [0.1, 0.15) is 5.82 Å². The lowest BCUT2D eigenvalue weighted by Crippen LogP contribution is -2.43. The Balaban J connectivity index is 1.54. The molecule has 2 aliphatic heterocycles. The summed E-state index contributed by atoms with van der Waals surface area (Å²) in [6.07, 6.45) is 7.09. The number of rotatable bonds is 2. The Kier molecular flexibility index (Phi) is 3.45. The molecule has 4 heterocycles. The number of hydrogen-bond acceptors (Lipinski definition) is 4. The van der Waals surface area contributed by atoms with Crippen molar-refractivity contribution < 1.29 is 4.74 Å². The number of pyridine rings is 1. The van der Waals surface area contributed by atoms with Gasteiger partial charge in [0, 0.05) is 50.1 Å². The van der Waals surface area contributed by atoms with Crippen LogP contribution in [0.2, 0.25) is 0 Å². The highest BCUT2D eigenvalue weighted by molar-refractivity contribution is 5.54. The third kappa shape index (κ3) is 2.59. The fraction of sp³-hybridized carbons (Fsp3) is 0.500. The van der Waals surface area contributed by atoms with Crippen LogP contribution in [-0.4, -0.2) is 45.7 Å². The molecule has 0 radical (unpaired) electrons. The number of H-pyrrole nitrogens is 1. The van der Waals surface area contributed by atoms with Crippen LogP contribution in [-0.2, 0) is 17.7 Å². The molecule has 1 unspecified atom stereocenters. The van der Waals surface area contributed by atoms with Gasteiger partial charge in [-0.2, -0.15) is 0 Å². The van der Waals surface area contributed by atoms with Crippen molar-refractivity contribution in [1.29, 1.82) is 0 Å². The number of ether oxygens (including phenoxy) is 1. The van der Waals surface area contributed by atoms with E-state index in [1.165, 1.54) is 24.2 Å². The second kappa shape index (κ2) is 5.58. The van der Waals surface area contributed by atoms with Crippen LogP contribution < -0.4 is 0 Å². The quantitative estimate of drug-likeness (QED) is 0.916. The maximum absolute atomic E-state index is 5.62. The highest BCUT2D eigenvalue weighted by Gasteiger charge is 2.27. The van der Waals surface area contributed by atoms with E-state index < -0.39 is 0 Å². The molecule has 21 heavy (non-hydrogen) atoms. The SMILES string of the molecule is c1cncc(-c2nc3c([nH]2)CN(C2CCCOC2)CC3)c1. The van der Waals surface area contributed by atoms with Gasteiger partial charge >= 0.3 is 0 Å². The van der Waals surface area contributed by atoms with Gasteiger partial charge in [-0.1, -0.05) is 0 Å². The van der Waals surface area contributed by atoms with E-state index in [4.69, 9.17) is 9.72 Å². The van der Waals surface area contributed by atoms with E-state index >= 15 is 0 Å². The van der Waals surface area contributed by atoms with E-state index in [9.17, 15) is 0 Å². The molecule has 0 aliphatic carbocycles. The van der Waals surface area contributed by atoms with Gasteiger partial charge in [-0.15, -0.1) is 0 Å². The molecule has 4 rings (SSSR count). The Hall–Kier alpha value is -1.72. The zero-order valence-electron chi connectivity index (χ0n) is 12.1. The lowest BCUT2D eigenvalue weighted by molar-refractivity contribution is 0.0119. The van der Waals surface area contributed by atoms with Gasteiger partial charge in [0.25, 0.3) is 0 Å². The van der Waals surface area contributed by atoms with Gasteiger partial charge in [-0.25, -0.2) is 4.98 Å². The lowest BCUT2D eigenvalue weighted by atomic mass is 10.0. The number of aromatic amines is 1.